The predicted molar refractivity (Wildman–Crippen MR) is 68.9 cm³/mol. The summed E-state index contributed by atoms with van der Waals surface area (Å²) in [5.41, 5.74) is 6.66. The van der Waals surface area contributed by atoms with Crippen LogP contribution >= 0.6 is 11.6 Å². The Labute approximate surface area is 102 Å². The van der Waals surface area contributed by atoms with Gasteiger partial charge in [0.1, 0.15) is 0 Å². The van der Waals surface area contributed by atoms with Crippen molar-refractivity contribution < 1.29 is 0 Å². The van der Waals surface area contributed by atoms with Crippen LogP contribution in [-0.2, 0) is 0 Å². The van der Waals surface area contributed by atoms with Crippen molar-refractivity contribution in [1.29, 1.82) is 0 Å². The van der Waals surface area contributed by atoms with Crippen molar-refractivity contribution >= 4 is 23.1 Å². The molecule has 1 aliphatic rings. The zero-order valence-electron chi connectivity index (χ0n) is 9.78. The number of anilines is 2. The molecule has 1 atom stereocenters. The van der Waals surface area contributed by atoms with Crippen molar-refractivity contribution in [2.75, 3.05) is 17.2 Å². The zero-order chi connectivity index (χ0) is 11.7. The number of nitrogens with zero attached hydrogens (tertiary/aromatic N) is 2. The van der Waals surface area contributed by atoms with Gasteiger partial charge in [0.05, 0.1) is 10.7 Å². The summed E-state index contributed by atoms with van der Waals surface area (Å²) in [4.78, 5) is 6.68. The lowest BCUT2D eigenvalue weighted by molar-refractivity contribution is 0.490. The van der Waals surface area contributed by atoms with E-state index in [1.165, 1.54) is 12.8 Å². The summed E-state index contributed by atoms with van der Waals surface area (Å²) in [6.07, 6.45) is 4.11. The van der Waals surface area contributed by atoms with Gasteiger partial charge < -0.3 is 10.6 Å². The summed E-state index contributed by atoms with van der Waals surface area (Å²) in [5, 5.41) is 0.599. The van der Waals surface area contributed by atoms with E-state index in [9.17, 15) is 0 Å². The van der Waals surface area contributed by atoms with E-state index in [2.05, 4.69) is 23.7 Å². The number of rotatable bonds is 2. The molecule has 0 aliphatic carbocycles. The summed E-state index contributed by atoms with van der Waals surface area (Å²) >= 11 is 5.86. The molecule has 3 nitrogen and oxygen atoms in total. The van der Waals surface area contributed by atoms with E-state index >= 15 is 0 Å². The van der Waals surface area contributed by atoms with Gasteiger partial charge in [-0.2, -0.15) is 0 Å². The highest BCUT2D eigenvalue weighted by Gasteiger charge is 2.29. The van der Waals surface area contributed by atoms with E-state index in [0.717, 1.165) is 12.4 Å². The lowest BCUT2D eigenvalue weighted by Crippen LogP contribution is -2.34. The van der Waals surface area contributed by atoms with E-state index in [4.69, 9.17) is 17.3 Å². The largest absolute Gasteiger partial charge is 0.396 e. The number of hydrogen-bond acceptors (Lipinski definition) is 3. The van der Waals surface area contributed by atoms with Gasteiger partial charge in [-0.15, -0.1) is 0 Å². The van der Waals surface area contributed by atoms with E-state index in [1.54, 1.807) is 12.3 Å². The first-order valence-electron chi connectivity index (χ1n) is 5.77. The first-order chi connectivity index (χ1) is 7.59. The van der Waals surface area contributed by atoms with Gasteiger partial charge in [0.2, 0.25) is 0 Å². The average Bonchev–Trinajstić information content (AvgIpc) is 2.66. The van der Waals surface area contributed by atoms with Crippen molar-refractivity contribution in [3.8, 4) is 0 Å². The van der Waals surface area contributed by atoms with E-state index in [1.807, 2.05) is 0 Å². The smallest absolute Gasteiger partial charge is 0.152 e. The van der Waals surface area contributed by atoms with Crippen molar-refractivity contribution in [3.05, 3.63) is 17.3 Å². The van der Waals surface area contributed by atoms with Gasteiger partial charge in [-0.1, -0.05) is 25.4 Å². The number of nitrogen functional groups attached to an aromatic ring is 1. The van der Waals surface area contributed by atoms with Gasteiger partial charge in [-0.05, 0) is 24.8 Å². The highest BCUT2D eigenvalue weighted by Crippen LogP contribution is 2.32. The first-order valence-corrected chi connectivity index (χ1v) is 6.15. The normalized spacial score (nSPS) is 20.8. The van der Waals surface area contributed by atoms with Gasteiger partial charge in [0.25, 0.3) is 0 Å². The molecule has 0 bridgehead atoms. The fourth-order valence-corrected chi connectivity index (χ4v) is 2.60. The quantitative estimate of drug-likeness (QED) is 0.863. The van der Waals surface area contributed by atoms with Crippen LogP contribution in [0.4, 0.5) is 11.5 Å². The molecule has 0 spiro atoms. The molecule has 16 heavy (non-hydrogen) atoms. The van der Waals surface area contributed by atoms with Crippen LogP contribution in [0.1, 0.15) is 26.7 Å². The molecule has 0 radical (unpaired) electrons. The van der Waals surface area contributed by atoms with Gasteiger partial charge in [0.15, 0.2) is 5.82 Å². The predicted octanol–water partition coefficient (Wildman–Crippen LogP) is 2.94. The third kappa shape index (κ3) is 2.09. The molecule has 88 valence electrons. The molecule has 0 saturated carbocycles. The summed E-state index contributed by atoms with van der Waals surface area (Å²) in [5.74, 6) is 1.51. The fraction of sp³-hybridized carbons (Fsp3) is 0.583. The standard InChI is InChI=1S/C12H18ClN3/c1-8(2)11-4-3-5-16(11)12-10(14)6-9(13)7-15-12/h6-8,11H,3-5,14H2,1-2H3. The molecule has 4 heteroatoms. The average molecular weight is 240 g/mol. The molecule has 1 unspecified atom stereocenters. The van der Waals surface area contributed by atoms with Crippen LogP contribution < -0.4 is 10.6 Å². The molecule has 2 heterocycles. The molecule has 1 fully saturated rings. The van der Waals surface area contributed by atoms with Crippen LogP contribution in [0.15, 0.2) is 12.3 Å². The lowest BCUT2D eigenvalue weighted by Gasteiger charge is -2.29. The van der Waals surface area contributed by atoms with Crippen LogP contribution in [0.2, 0.25) is 5.02 Å². The lowest BCUT2D eigenvalue weighted by atomic mass is 10.0. The minimum atomic E-state index is 0.552. The molecular weight excluding hydrogens is 222 g/mol. The second kappa shape index (κ2) is 4.50. The van der Waals surface area contributed by atoms with Gasteiger partial charge >= 0.3 is 0 Å². The van der Waals surface area contributed by atoms with E-state index < -0.39 is 0 Å². The van der Waals surface area contributed by atoms with Gasteiger partial charge in [0, 0.05) is 18.8 Å². The highest BCUT2D eigenvalue weighted by molar-refractivity contribution is 6.30. The third-order valence-corrected chi connectivity index (χ3v) is 3.41. The minimum absolute atomic E-state index is 0.552. The molecule has 1 saturated heterocycles. The van der Waals surface area contributed by atoms with Crippen molar-refractivity contribution in [3.63, 3.8) is 0 Å². The highest BCUT2D eigenvalue weighted by atomic mass is 35.5. The minimum Gasteiger partial charge on any atom is -0.396 e. The number of aromatic nitrogens is 1. The molecule has 2 N–H and O–H groups in total. The second-order valence-electron chi connectivity index (χ2n) is 4.71. The Balaban J connectivity index is 2.29. The fourth-order valence-electron chi connectivity index (χ4n) is 2.44. The summed E-state index contributed by atoms with van der Waals surface area (Å²) in [6, 6.07) is 2.33. The Bertz CT molecular complexity index is 379. The van der Waals surface area contributed by atoms with Gasteiger partial charge in [-0.25, -0.2) is 4.98 Å². The Kier molecular flexibility index (Phi) is 3.24. The van der Waals surface area contributed by atoms with Crippen LogP contribution in [0.5, 0.6) is 0 Å². The summed E-state index contributed by atoms with van der Waals surface area (Å²) in [7, 11) is 0. The molecule has 1 aliphatic heterocycles. The molecular formula is C12H18ClN3. The molecule has 0 aromatic carbocycles. The Morgan fingerprint density at radius 3 is 2.94 bits per heavy atom. The van der Waals surface area contributed by atoms with Gasteiger partial charge in [-0.3, -0.25) is 0 Å². The maximum Gasteiger partial charge on any atom is 0.152 e. The maximum atomic E-state index is 5.97. The SMILES string of the molecule is CC(C)C1CCCN1c1ncc(Cl)cc1N. The number of halogens is 1. The van der Waals surface area contributed by atoms with E-state index in [-0.39, 0.29) is 0 Å². The second-order valence-corrected chi connectivity index (χ2v) is 5.15. The van der Waals surface area contributed by atoms with E-state index in [0.29, 0.717) is 22.7 Å². The zero-order valence-corrected chi connectivity index (χ0v) is 10.5. The van der Waals surface area contributed by atoms with Crippen molar-refractivity contribution in [1.82, 2.24) is 4.98 Å². The van der Waals surface area contributed by atoms with Crippen LogP contribution in [-0.4, -0.2) is 17.6 Å². The van der Waals surface area contributed by atoms with Crippen LogP contribution in [0.3, 0.4) is 0 Å². The monoisotopic (exact) mass is 239 g/mol. The molecule has 1 aromatic rings. The first kappa shape index (κ1) is 11.5. The summed E-state index contributed by atoms with van der Waals surface area (Å²) < 4.78 is 0. The van der Waals surface area contributed by atoms with Crippen molar-refractivity contribution in [2.45, 2.75) is 32.7 Å². The molecule has 0 amide bonds. The Hall–Kier alpha value is -0.960. The number of hydrogen-bond donors (Lipinski definition) is 1. The Morgan fingerprint density at radius 2 is 2.31 bits per heavy atom. The maximum absolute atomic E-state index is 5.97. The van der Waals surface area contributed by atoms with Crippen LogP contribution in [0, 0.1) is 5.92 Å². The van der Waals surface area contributed by atoms with Crippen LogP contribution in [0.25, 0.3) is 0 Å². The number of pyridine rings is 1. The molecule has 1 aromatic heterocycles. The summed E-state index contributed by atoms with van der Waals surface area (Å²) in [6.45, 7) is 5.53. The van der Waals surface area contributed by atoms with Crippen molar-refractivity contribution in [2.24, 2.45) is 5.92 Å². The third-order valence-electron chi connectivity index (χ3n) is 3.20. The Morgan fingerprint density at radius 1 is 1.56 bits per heavy atom. The number of nitrogens with two attached hydrogens (primary N) is 1. The topological polar surface area (TPSA) is 42.2 Å². The molecule has 2 rings (SSSR count).